The van der Waals surface area contributed by atoms with E-state index in [2.05, 4.69) is 31.8 Å². The largest absolute Gasteiger partial charge is 0.368 e. The van der Waals surface area contributed by atoms with Gasteiger partial charge in [-0.25, -0.2) is 9.97 Å². The van der Waals surface area contributed by atoms with Crippen LogP contribution in [0.4, 0.5) is 5.95 Å². The Morgan fingerprint density at radius 3 is 2.80 bits per heavy atom. The van der Waals surface area contributed by atoms with E-state index in [1.54, 1.807) is 29.5 Å². The van der Waals surface area contributed by atoms with Crippen LogP contribution in [-0.4, -0.2) is 34.1 Å². The number of imidazole rings is 2. The highest BCUT2D eigenvalue weighted by Crippen LogP contribution is 2.15. The number of nitrogens with zero attached hydrogens (tertiary/aromatic N) is 7. The molecule has 3 aromatic heterocycles. The van der Waals surface area contributed by atoms with Gasteiger partial charge in [0.05, 0.1) is 0 Å². The van der Waals surface area contributed by atoms with Crippen LogP contribution in [0.2, 0.25) is 0 Å². The highest BCUT2D eigenvalue weighted by atomic mass is 15.2. The van der Waals surface area contributed by atoms with Crippen molar-refractivity contribution < 1.29 is 0 Å². The van der Waals surface area contributed by atoms with E-state index in [1.807, 2.05) is 10.8 Å². The Bertz CT molecular complexity index is 700. The van der Waals surface area contributed by atoms with Gasteiger partial charge in [0.15, 0.2) is 5.82 Å². The van der Waals surface area contributed by atoms with Gasteiger partial charge in [0.2, 0.25) is 17.7 Å². The standard InChI is InChI=1S/C12H14N8/c1-2-5-19-7-4-15-10(19)9-16-11(13)18-12(17-9)20-6-3-14-8-20/h3-4,6-8H,2,5H2,1H3,(H2,13,16,17,18). The molecule has 0 aromatic carbocycles. The molecule has 3 rings (SSSR count). The van der Waals surface area contributed by atoms with Crippen LogP contribution in [0.1, 0.15) is 13.3 Å². The molecule has 102 valence electrons. The molecular weight excluding hydrogens is 256 g/mol. The van der Waals surface area contributed by atoms with Gasteiger partial charge >= 0.3 is 0 Å². The van der Waals surface area contributed by atoms with E-state index < -0.39 is 0 Å². The lowest BCUT2D eigenvalue weighted by atomic mass is 10.4. The van der Waals surface area contributed by atoms with E-state index >= 15 is 0 Å². The number of hydrogen-bond donors (Lipinski definition) is 1. The quantitative estimate of drug-likeness (QED) is 0.756. The second-order valence-corrected chi connectivity index (χ2v) is 4.23. The molecule has 0 saturated heterocycles. The van der Waals surface area contributed by atoms with Crippen molar-refractivity contribution in [3.05, 3.63) is 31.1 Å². The van der Waals surface area contributed by atoms with Gasteiger partial charge < -0.3 is 10.3 Å². The average Bonchev–Trinajstić information content (AvgIpc) is 3.09. The fourth-order valence-corrected chi connectivity index (χ4v) is 1.91. The van der Waals surface area contributed by atoms with Crippen molar-refractivity contribution in [2.45, 2.75) is 19.9 Å². The van der Waals surface area contributed by atoms with Crippen molar-refractivity contribution in [2.75, 3.05) is 5.73 Å². The third-order valence-corrected chi connectivity index (χ3v) is 2.76. The lowest BCUT2D eigenvalue weighted by Gasteiger charge is -2.07. The maximum absolute atomic E-state index is 5.76. The molecule has 0 aliphatic rings. The number of nitrogen functional groups attached to an aromatic ring is 1. The minimum absolute atomic E-state index is 0.157. The van der Waals surface area contributed by atoms with Gasteiger partial charge in [-0.05, 0) is 6.42 Å². The lowest BCUT2D eigenvalue weighted by Crippen LogP contribution is -2.09. The smallest absolute Gasteiger partial charge is 0.240 e. The van der Waals surface area contributed by atoms with Crippen molar-refractivity contribution in [3.63, 3.8) is 0 Å². The number of anilines is 1. The Hall–Kier alpha value is -2.77. The van der Waals surface area contributed by atoms with E-state index in [4.69, 9.17) is 5.73 Å². The first-order valence-electron chi connectivity index (χ1n) is 6.29. The van der Waals surface area contributed by atoms with Gasteiger partial charge in [-0.15, -0.1) is 0 Å². The molecule has 0 bridgehead atoms. The summed E-state index contributed by atoms with van der Waals surface area (Å²) in [6, 6.07) is 0. The van der Waals surface area contributed by atoms with E-state index in [9.17, 15) is 0 Å². The summed E-state index contributed by atoms with van der Waals surface area (Å²) >= 11 is 0. The zero-order chi connectivity index (χ0) is 13.9. The van der Waals surface area contributed by atoms with Crippen LogP contribution in [0.15, 0.2) is 31.1 Å². The molecule has 20 heavy (non-hydrogen) atoms. The molecule has 3 heterocycles. The normalized spacial score (nSPS) is 10.8. The topological polar surface area (TPSA) is 100 Å². The molecule has 8 nitrogen and oxygen atoms in total. The highest BCUT2D eigenvalue weighted by Gasteiger charge is 2.12. The molecule has 0 radical (unpaired) electrons. The summed E-state index contributed by atoms with van der Waals surface area (Å²) in [6.45, 7) is 2.95. The SMILES string of the molecule is CCCn1ccnc1-c1nc(N)nc(-n2ccnc2)n1. The van der Waals surface area contributed by atoms with Gasteiger partial charge in [0, 0.05) is 31.3 Å². The van der Waals surface area contributed by atoms with Crippen LogP contribution in [0.25, 0.3) is 17.6 Å². The molecule has 0 aliphatic heterocycles. The van der Waals surface area contributed by atoms with E-state index in [0.29, 0.717) is 17.6 Å². The van der Waals surface area contributed by atoms with Crippen molar-refractivity contribution in [1.29, 1.82) is 0 Å². The van der Waals surface area contributed by atoms with Gasteiger partial charge in [-0.2, -0.15) is 15.0 Å². The van der Waals surface area contributed by atoms with Gasteiger partial charge in [0.25, 0.3) is 0 Å². The Kier molecular flexibility index (Phi) is 3.12. The van der Waals surface area contributed by atoms with Gasteiger partial charge in [-0.1, -0.05) is 6.92 Å². The van der Waals surface area contributed by atoms with E-state index in [1.165, 1.54) is 0 Å². The van der Waals surface area contributed by atoms with Crippen molar-refractivity contribution in [1.82, 2.24) is 34.1 Å². The minimum atomic E-state index is 0.157. The second kappa shape index (κ2) is 5.08. The Morgan fingerprint density at radius 2 is 2.05 bits per heavy atom. The zero-order valence-corrected chi connectivity index (χ0v) is 11.0. The molecular formula is C12H14N8. The molecule has 0 aliphatic carbocycles. The monoisotopic (exact) mass is 270 g/mol. The third kappa shape index (κ3) is 2.22. The summed E-state index contributed by atoms with van der Waals surface area (Å²) in [6.07, 6.45) is 9.63. The molecule has 8 heteroatoms. The van der Waals surface area contributed by atoms with Crippen molar-refractivity contribution in [2.24, 2.45) is 0 Å². The van der Waals surface area contributed by atoms with Crippen molar-refractivity contribution in [3.8, 4) is 17.6 Å². The Balaban J connectivity index is 2.08. The summed E-state index contributed by atoms with van der Waals surface area (Å²) in [5, 5.41) is 0. The number of nitrogens with two attached hydrogens (primary N) is 1. The number of aryl methyl sites for hydroxylation is 1. The van der Waals surface area contributed by atoms with Crippen LogP contribution in [-0.2, 0) is 6.54 Å². The highest BCUT2D eigenvalue weighted by molar-refractivity contribution is 5.47. The van der Waals surface area contributed by atoms with Crippen LogP contribution in [0.5, 0.6) is 0 Å². The van der Waals surface area contributed by atoms with E-state index in [-0.39, 0.29) is 5.95 Å². The van der Waals surface area contributed by atoms with E-state index in [0.717, 1.165) is 13.0 Å². The average molecular weight is 270 g/mol. The van der Waals surface area contributed by atoms with Gasteiger partial charge in [-0.3, -0.25) is 4.57 Å². The summed E-state index contributed by atoms with van der Waals surface area (Å²) in [7, 11) is 0. The van der Waals surface area contributed by atoms with Crippen LogP contribution in [0, 0.1) is 0 Å². The summed E-state index contributed by atoms with van der Waals surface area (Å²) in [5.41, 5.74) is 5.76. The van der Waals surface area contributed by atoms with Crippen LogP contribution >= 0.6 is 0 Å². The maximum atomic E-state index is 5.76. The predicted octanol–water partition coefficient (Wildman–Crippen LogP) is 0.913. The first-order chi connectivity index (χ1) is 9.78. The summed E-state index contributed by atoms with van der Waals surface area (Å²) in [4.78, 5) is 20.9. The van der Waals surface area contributed by atoms with Crippen molar-refractivity contribution >= 4 is 5.95 Å². The molecule has 0 atom stereocenters. The molecule has 0 unspecified atom stereocenters. The maximum Gasteiger partial charge on any atom is 0.240 e. The second-order valence-electron chi connectivity index (χ2n) is 4.23. The third-order valence-electron chi connectivity index (χ3n) is 2.76. The zero-order valence-electron chi connectivity index (χ0n) is 11.0. The summed E-state index contributed by atoms with van der Waals surface area (Å²) in [5.74, 6) is 1.72. The fourth-order valence-electron chi connectivity index (χ4n) is 1.91. The first-order valence-corrected chi connectivity index (χ1v) is 6.29. The number of rotatable bonds is 4. The first kappa shape index (κ1) is 12.3. The molecule has 0 fully saturated rings. The number of aromatic nitrogens is 7. The van der Waals surface area contributed by atoms with Crippen LogP contribution in [0.3, 0.4) is 0 Å². The number of hydrogen-bond acceptors (Lipinski definition) is 6. The Labute approximate surface area is 115 Å². The van der Waals surface area contributed by atoms with Crippen LogP contribution < -0.4 is 5.73 Å². The molecule has 0 saturated carbocycles. The summed E-state index contributed by atoms with van der Waals surface area (Å²) < 4.78 is 3.67. The molecule has 2 N–H and O–H groups in total. The van der Waals surface area contributed by atoms with Gasteiger partial charge in [0.1, 0.15) is 6.33 Å². The molecule has 3 aromatic rings. The Morgan fingerprint density at radius 1 is 1.15 bits per heavy atom. The minimum Gasteiger partial charge on any atom is -0.368 e. The molecule has 0 amide bonds. The predicted molar refractivity (Wildman–Crippen MR) is 72.9 cm³/mol. The molecule has 0 spiro atoms. The lowest BCUT2D eigenvalue weighted by molar-refractivity contribution is 0.681. The fraction of sp³-hybridized carbons (Fsp3) is 0.250.